The zero-order valence-electron chi connectivity index (χ0n) is 16.6. The second-order valence-electron chi connectivity index (χ2n) is 6.62. The lowest BCUT2D eigenvalue weighted by Gasteiger charge is -2.26. The van der Waals surface area contributed by atoms with Crippen LogP contribution in [0.25, 0.3) is 10.9 Å². The predicted molar refractivity (Wildman–Crippen MR) is 106 cm³/mol. The second kappa shape index (κ2) is 9.21. The Labute approximate surface area is 171 Å². The zero-order chi connectivity index (χ0) is 21.7. The number of amides is 2. The zero-order valence-corrected chi connectivity index (χ0v) is 16.6. The summed E-state index contributed by atoms with van der Waals surface area (Å²) in [5.74, 6) is -0.797. The quantitative estimate of drug-likeness (QED) is 0.572. The lowest BCUT2D eigenvalue weighted by molar-refractivity contribution is -0.143. The van der Waals surface area contributed by atoms with E-state index in [4.69, 9.17) is 9.47 Å². The van der Waals surface area contributed by atoms with Crippen LogP contribution in [0.4, 0.5) is 4.79 Å². The molecule has 1 atom stereocenters. The van der Waals surface area contributed by atoms with Gasteiger partial charge in [-0.1, -0.05) is 12.1 Å². The number of esters is 2. The smallest absolute Gasteiger partial charge is 0.338 e. The Morgan fingerprint density at radius 3 is 2.70 bits per heavy atom. The number of para-hydroxylation sites is 1. The monoisotopic (exact) mass is 414 g/mol. The lowest BCUT2D eigenvalue weighted by atomic mass is 10.0. The van der Waals surface area contributed by atoms with Crippen molar-refractivity contribution in [2.45, 2.75) is 32.7 Å². The molecular formula is C20H22N4O6. The summed E-state index contributed by atoms with van der Waals surface area (Å²) in [7, 11) is 0. The first kappa shape index (κ1) is 21.0. The maximum Gasteiger partial charge on any atom is 0.338 e. The number of aryl methyl sites for hydroxylation is 1. The van der Waals surface area contributed by atoms with E-state index in [0.29, 0.717) is 16.7 Å². The highest BCUT2D eigenvalue weighted by molar-refractivity contribution is 5.94. The van der Waals surface area contributed by atoms with Gasteiger partial charge in [0.1, 0.15) is 12.4 Å². The molecule has 30 heavy (non-hydrogen) atoms. The van der Waals surface area contributed by atoms with E-state index in [9.17, 15) is 19.2 Å². The molecule has 3 rings (SSSR count). The first-order valence-electron chi connectivity index (χ1n) is 9.50. The van der Waals surface area contributed by atoms with Crippen LogP contribution in [-0.2, 0) is 25.5 Å². The van der Waals surface area contributed by atoms with Crippen LogP contribution in [0.2, 0.25) is 0 Å². The SMILES string of the molecule is CCOC(=O)C1=C(COC(=O)CCc2nc3ccccc3c(=O)[nH]2)NC(=O)N[C@H]1C. The number of H-pyrrole nitrogens is 1. The van der Waals surface area contributed by atoms with Crippen LogP contribution in [0.15, 0.2) is 40.3 Å². The van der Waals surface area contributed by atoms with Crippen molar-refractivity contribution in [1.82, 2.24) is 20.6 Å². The molecule has 1 aliphatic rings. The molecule has 10 nitrogen and oxygen atoms in total. The van der Waals surface area contributed by atoms with Gasteiger partial charge >= 0.3 is 18.0 Å². The van der Waals surface area contributed by atoms with Crippen molar-refractivity contribution in [3.63, 3.8) is 0 Å². The summed E-state index contributed by atoms with van der Waals surface area (Å²) >= 11 is 0. The number of urea groups is 1. The summed E-state index contributed by atoms with van der Waals surface area (Å²) in [6, 6.07) is 5.82. The number of rotatable bonds is 7. The van der Waals surface area contributed by atoms with Crippen molar-refractivity contribution >= 4 is 28.9 Å². The standard InChI is InChI=1S/C20H22N4O6/c1-3-29-19(27)17-11(2)21-20(28)23-14(17)10-30-16(25)9-8-15-22-13-7-5-4-6-12(13)18(26)24-15/h4-7,11H,3,8-10H2,1-2H3,(H2,21,23,28)(H,22,24,26)/t11-/m0/s1. The van der Waals surface area contributed by atoms with Crippen LogP contribution >= 0.6 is 0 Å². The summed E-state index contributed by atoms with van der Waals surface area (Å²) in [5, 5.41) is 5.52. The number of hydrogen-bond acceptors (Lipinski definition) is 7. The maximum absolute atomic E-state index is 12.2. The van der Waals surface area contributed by atoms with Crippen molar-refractivity contribution in [1.29, 1.82) is 0 Å². The van der Waals surface area contributed by atoms with Gasteiger partial charge in [0.05, 0.1) is 41.2 Å². The van der Waals surface area contributed by atoms with Crippen LogP contribution in [0.1, 0.15) is 26.1 Å². The highest BCUT2D eigenvalue weighted by Gasteiger charge is 2.30. The van der Waals surface area contributed by atoms with E-state index in [1.807, 2.05) is 0 Å². The molecule has 1 aliphatic heterocycles. The number of hydrogen-bond donors (Lipinski definition) is 3. The van der Waals surface area contributed by atoms with Gasteiger partial charge in [-0.15, -0.1) is 0 Å². The molecular weight excluding hydrogens is 392 g/mol. The lowest BCUT2D eigenvalue weighted by Crippen LogP contribution is -2.50. The largest absolute Gasteiger partial charge is 0.463 e. The molecule has 158 valence electrons. The van der Waals surface area contributed by atoms with Crippen molar-refractivity contribution < 1.29 is 23.9 Å². The minimum atomic E-state index is -0.596. The minimum absolute atomic E-state index is 0.0367. The van der Waals surface area contributed by atoms with E-state index in [1.165, 1.54) is 0 Å². The summed E-state index contributed by atoms with van der Waals surface area (Å²) in [6.07, 6.45) is 0.137. The molecule has 0 saturated carbocycles. The normalized spacial score (nSPS) is 16.1. The average molecular weight is 414 g/mol. The van der Waals surface area contributed by atoms with Gasteiger partial charge in [0.2, 0.25) is 0 Å². The third kappa shape index (κ3) is 4.83. The van der Waals surface area contributed by atoms with Crippen molar-refractivity contribution in [2.75, 3.05) is 13.2 Å². The summed E-state index contributed by atoms with van der Waals surface area (Å²) in [6.45, 7) is 3.19. The number of ether oxygens (including phenoxy) is 2. The fraction of sp³-hybridized carbons (Fsp3) is 0.350. The number of fused-ring (bicyclic) bond motifs is 1. The van der Waals surface area contributed by atoms with Crippen molar-refractivity contribution in [3.8, 4) is 0 Å². The highest BCUT2D eigenvalue weighted by atomic mass is 16.5. The molecule has 0 radical (unpaired) electrons. The molecule has 0 spiro atoms. The van der Waals surface area contributed by atoms with Gasteiger partial charge in [-0.2, -0.15) is 0 Å². The van der Waals surface area contributed by atoms with Crippen LogP contribution in [-0.4, -0.2) is 47.2 Å². The molecule has 0 aliphatic carbocycles. The Bertz CT molecular complexity index is 1070. The Kier molecular flexibility index (Phi) is 6.45. The van der Waals surface area contributed by atoms with Gasteiger partial charge in [-0.05, 0) is 26.0 Å². The molecule has 3 N–H and O–H groups in total. The number of carbonyl (C=O) groups excluding carboxylic acids is 3. The van der Waals surface area contributed by atoms with Gasteiger partial charge in [-0.25, -0.2) is 14.6 Å². The van der Waals surface area contributed by atoms with Crippen LogP contribution in [0.5, 0.6) is 0 Å². The third-order valence-electron chi connectivity index (χ3n) is 4.47. The van der Waals surface area contributed by atoms with Crippen molar-refractivity contribution in [2.24, 2.45) is 0 Å². The number of aromatic nitrogens is 2. The molecule has 1 aromatic heterocycles. The molecule has 2 amide bonds. The molecule has 2 aromatic rings. The predicted octanol–water partition coefficient (Wildman–Crippen LogP) is 0.917. The van der Waals surface area contributed by atoms with E-state index >= 15 is 0 Å². The van der Waals surface area contributed by atoms with Crippen molar-refractivity contribution in [3.05, 3.63) is 51.7 Å². The van der Waals surface area contributed by atoms with Gasteiger partial charge in [-0.3, -0.25) is 9.59 Å². The van der Waals surface area contributed by atoms with Crippen LogP contribution in [0, 0.1) is 0 Å². The van der Waals surface area contributed by atoms with E-state index in [1.54, 1.807) is 38.1 Å². The molecule has 1 aromatic carbocycles. The fourth-order valence-corrected chi connectivity index (χ4v) is 3.09. The number of nitrogens with one attached hydrogen (secondary N) is 3. The second-order valence-corrected chi connectivity index (χ2v) is 6.62. The van der Waals surface area contributed by atoms with E-state index in [0.717, 1.165) is 0 Å². The summed E-state index contributed by atoms with van der Waals surface area (Å²) < 4.78 is 10.2. The minimum Gasteiger partial charge on any atom is -0.463 e. The topological polar surface area (TPSA) is 139 Å². The molecule has 0 unspecified atom stereocenters. The Morgan fingerprint density at radius 1 is 1.17 bits per heavy atom. The summed E-state index contributed by atoms with van der Waals surface area (Å²) in [4.78, 5) is 55.1. The first-order valence-corrected chi connectivity index (χ1v) is 9.50. The van der Waals surface area contributed by atoms with Gasteiger partial charge < -0.3 is 25.1 Å². The molecule has 10 heteroatoms. The molecule has 0 fully saturated rings. The maximum atomic E-state index is 12.2. The van der Waals surface area contributed by atoms with Gasteiger partial charge in [0.15, 0.2) is 0 Å². The third-order valence-corrected chi connectivity index (χ3v) is 4.47. The van der Waals surface area contributed by atoms with E-state index < -0.39 is 24.0 Å². The van der Waals surface area contributed by atoms with Crippen LogP contribution in [0.3, 0.4) is 0 Å². The Balaban J connectivity index is 1.64. The van der Waals surface area contributed by atoms with E-state index in [2.05, 4.69) is 20.6 Å². The molecule has 0 saturated heterocycles. The van der Waals surface area contributed by atoms with Gasteiger partial charge in [0.25, 0.3) is 5.56 Å². The summed E-state index contributed by atoms with van der Waals surface area (Å²) in [5.41, 5.74) is 0.639. The molecule has 0 bridgehead atoms. The Morgan fingerprint density at radius 2 is 1.93 bits per heavy atom. The molecule has 2 heterocycles. The number of aromatic amines is 1. The fourth-order valence-electron chi connectivity index (χ4n) is 3.09. The highest BCUT2D eigenvalue weighted by Crippen LogP contribution is 2.15. The number of nitrogens with zero attached hydrogens (tertiary/aromatic N) is 1. The van der Waals surface area contributed by atoms with Gasteiger partial charge in [0, 0.05) is 6.42 Å². The first-order chi connectivity index (χ1) is 14.4. The Hall–Kier alpha value is -3.69. The number of carbonyl (C=O) groups is 3. The average Bonchev–Trinajstić information content (AvgIpc) is 2.70. The number of benzene rings is 1. The van der Waals surface area contributed by atoms with Crippen LogP contribution < -0.4 is 16.2 Å². The van der Waals surface area contributed by atoms with E-state index in [-0.39, 0.29) is 42.9 Å².